The van der Waals surface area contributed by atoms with Crippen LogP contribution >= 0.6 is 23.2 Å². The van der Waals surface area contributed by atoms with Gasteiger partial charge in [0.2, 0.25) is 0 Å². The summed E-state index contributed by atoms with van der Waals surface area (Å²) < 4.78 is 10.8. The van der Waals surface area contributed by atoms with Gasteiger partial charge in [0.15, 0.2) is 11.4 Å². The molecule has 2 rings (SSSR count). The average Bonchev–Trinajstić information content (AvgIpc) is 2.93. The third-order valence-electron chi connectivity index (χ3n) is 2.93. The number of aromatic nitrogens is 2. The molecule has 2 aromatic rings. The third-order valence-corrected chi connectivity index (χ3v) is 3.67. The summed E-state index contributed by atoms with van der Waals surface area (Å²) in [7, 11) is 2.43. The fraction of sp³-hybridized carbons (Fsp3) is 0.214. The first-order valence-corrected chi connectivity index (χ1v) is 6.89. The molecule has 0 radical (unpaired) electrons. The maximum absolute atomic E-state index is 11.9. The van der Waals surface area contributed by atoms with Crippen LogP contribution in [-0.4, -0.2) is 35.7 Å². The van der Waals surface area contributed by atoms with Crippen LogP contribution < -0.4 is 0 Å². The first kappa shape index (κ1) is 16.3. The zero-order chi connectivity index (χ0) is 16.3. The maximum atomic E-state index is 11.9. The number of hydrogen-bond donors (Lipinski definition) is 0. The zero-order valence-electron chi connectivity index (χ0n) is 11.8. The summed E-state index contributed by atoms with van der Waals surface area (Å²) in [5, 5.41) is 0.826. The Morgan fingerprint density at radius 2 is 1.82 bits per heavy atom. The largest absolute Gasteiger partial charge is 0.464 e. The number of nitrogens with zero attached hydrogens (tertiary/aromatic N) is 2. The van der Waals surface area contributed by atoms with Crippen LogP contribution in [0.2, 0.25) is 10.0 Å². The van der Waals surface area contributed by atoms with Gasteiger partial charge in [0.1, 0.15) is 0 Å². The molecule has 1 heterocycles. The van der Waals surface area contributed by atoms with Gasteiger partial charge in [-0.15, -0.1) is 0 Å². The summed E-state index contributed by atoms with van der Waals surface area (Å²) in [6.07, 6.45) is 1.36. The van der Waals surface area contributed by atoms with Crippen molar-refractivity contribution in [2.24, 2.45) is 0 Å². The van der Waals surface area contributed by atoms with Crippen LogP contribution in [0, 0.1) is 0 Å². The number of carbonyl (C=O) groups is 2. The molecule has 0 spiro atoms. The smallest absolute Gasteiger partial charge is 0.359 e. The van der Waals surface area contributed by atoms with Crippen LogP contribution in [-0.2, 0) is 16.0 Å². The van der Waals surface area contributed by atoms with Crippen molar-refractivity contribution in [2.75, 3.05) is 14.2 Å². The lowest BCUT2D eigenvalue weighted by molar-refractivity contribution is 0.0544. The van der Waals surface area contributed by atoms with Gasteiger partial charge in [-0.2, -0.15) is 0 Å². The van der Waals surface area contributed by atoms with E-state index >= 15 is 0 Å². The molecule has 0 fully saturated rings. The summed E-state index contributed by atoms with van der Waals surface area (Å²) in [5.74, 6) is -1.40. The van der Waals surface area contributed by atoms with Crippen LogP contribution in [0.15, 0.2) is 24.5 Å². The summed E-state index contributed by atoms with van der Waals surface area (Å²) >= 11 is 11.8. The monoisotopic (exact) mass is 342 g/mol. The molecular weight excluding hydrogens is 331 g/mol. The number of ether oxygens (including phenoxy) is 2. The molecule has 0 atom stereocenters. The average molecular weight is 343 g/mol. The Bertz CT molecular complexity index is 728. The van der Waals surface area contributed by atoms with E-state index in [1.165, 1.54) is 25.1 Å². The van der Waals surface area contributed by atoms with E-state index in [0.29, 0.717) is 10.0 Å². The highest BCUT2D eigenvalue weighted by Gasteiger charge is 2.25. The Morgan fingerprint density at radius 1 is 1.14 bits per heavy atom. The lowest BCUT2D eigenvalue weighted by Crippen LogP contribution is -2.16. The van der Waals surface area contributed by atoms with Crippen LogP contribution in [0.1, 0.15) is 26.5 Å². The molecule has 0 N–H and O–H groups in total. The van der Waals surface area contributed by atoms with Gasteiger partial charge < -0.3 is 14.0 Å². The van der Waals surface area contributed by atoms with Crippen LogP contribution in [0.25, 0.3) is 0 Å². The van der Waals surface area contributed by atoms with Crippen molar-refractivity contribution in [2.45, 2.75) is 6.54 Å². The fourth-order valence-electron chi connectivity index (χ4n) is 1.89. The van der Waals surface area contributed by atoms with Gasteiger partial charge in [-0.3, -0.25) is 0 Å². The standard InChI is InChI=1S/C14H12Cl2N2O4/c1-21-13(19)11-12(14(20)22-2)18(7-17-11)6-8-3-4-9(15)10(16)5-8/h3-5,7H,6H2,1-2H3. The number of rotatable bonds is 4. The second kappa shape index (κ2) is 6.81. The number of methoxy groups -OCH3 is 2. The summed E-state index contributed by atoms with van der Waals surface area (Å²) in [6.45, 7) is 0.269. The van der Waals surface area contributed by atoms with Crippen molar-refractivity contribution in [3.05, 3.63) is 51.5 Å². The quantitative estimate of drug-likeness (QED) is 0.799. The van der Waals surface area contributed by atoms with Gasteiger partial charge in [-0.1, -0.05) is 29.3 Å². The minimum atomic E-state index is -0.715. The molecule has 8 heteroatoms. The molecule has 0 saturated carbocycles. The van der Waals surface area contributed by atoms with Gasteiger partial charge in [0, 0.05) is 6.54 Å². The van der Waals surface area contributed by atoms with Crippen LogP contribution in [0.4, 0.5) is 0 Å². The van der Waals surface area contributed by atoms with Crippen molar-refractivity contribution < 1.29 is 19.1 Å². The minimum Gasteiger partial charge on any atom is -0.464 e. The normalized spacial score (nSPS) is 10.4. The number of esters is 2. The number of imidazole rings is 1. The predicted molar refractivity (Wildman–Crippen MR) is 80.5 cm³/mol. The predicted octanol–water partition coefficient (Wildman–Crippen LogP) is 2.81. The SMILES string of the molecule is COC(=O)c1ncn(Cc2ccc(Cl)c(Cl)c2)c1C(=O)OC. The van der Waals surface area contributed by atoms with Crippen molar-refractivity contribution in [1.82, 2.24) is 9.55 Å². The molecule has 1 aromatic heterocycles. The van der Waals surface area contributed by atoms with Crippen molar-refractivity contribution in [1.29, 1.82) is 0 Å². The van der Waals surface area contributed by atoms with E-state index in [0.717, 1.165) is 5.56 Å². The molecule has 22 heavy (non-hydrogen) atoms. The Kier molecular flexibility index (Phi) is 5.05. The number of hydrogen-bond acceptors (Lipinski definition) is 5. The molecule has 1 aromatic carbocycles. The Morgan fingerprint density at radius 3 is 2.41 bits per heavy atom. The van der Waals surface area contributed by atoms with Gasteiger partial charge in [-0.25, -0.2) is 14.6 Å². The number of halogens is 2. The molecule has 0 amide bonds. The van der Waals surface area contributed by atoms with Crippen LogP contribution in [0.3, 0.4) is 0 Å². The first-order valence-electron chi connectivity index (χ1n) is 6.13. The van der Waals surface area contributed by atoms with E-state index in [1.54, 1.807) is 18.2 Å². The number of carbonyl (C=O) groups excluding carboxylic acids is 2. The zero-order valence-corrected chi connectivity index (χ0v) is 13.3. The van der Waals surface area contributed by atoms with Crippen LogP contribution in [0.5, 0.6) is 0 Å². The van der Waals surface area contributed by atoms with E-state index in [9.17, 15) is 9.59 Å². The van der Waals surface area contributed by atoms with Gasteiger partial charge in [0.05, 0.1) is 30.6 Å². The summed E-state index contributed by atoms with van der Waals surface area (Å²) in [5.41, 5.74) is 0.697. The van der Waals surface area contributed by atoms with Crippen molar-refractivity contribution in [3.8, 4) is 0 Å². The third kappa shape index (κ3) is 3.23. The highest BCUT2D eigenvalue weighted by atomic mass is 35.5. The van der Waals surface area contributed by atoms with E-state index < -0.39 is 11.9 Å². The second-order valence-electron chi connectivity index (χ2n) is 4.30. The second-order valence-corrected chi connectivity index (χ2v) is 5.12. The van der Waals surface area contributed by atoms with Gasteiger partial charge in [-0.05, 0) is 17.7 Å². The molecule has 0 bridgehead atoms. The van der Waals surface area contributed by atoms with Crippen molar-refractivity contribution in [3.63, 3.8) is 0 Å². The molecule has 0 unspecified atom stereocenters. The number of benzene rings is 1. The Hall–Kier alpha value is -2.05. The topological polar surface area (TPSA) is 70.4 Å². The lowest BCUT2D eigenvalue weighted by Gasteiger charge is -2.08. The maximum Gasteiger partial charge on any atom is 0.359 e. The van der Waals surface area contributed by atoms with E-state index in [-0.39, 0.29) is 17.9 Å². The minimum absolute atomic E-state index is 0.0143. The molecule has 0 aliphatic rings. The highest BCUT2D eigenvalue weighted by Crippen LogP contribution is 2.23. The highest BCUT2D eigenvalue weighted by molar-refractivity contribution is 6.42. The first-order chi connectivity index (χ1) is 10.5. The Balaban J connectivity index is 2.42. The summed E-state index contributed by atoms with van der Waals surface area (Å²) in [4.78, 5) is 27.5. The molecule has 0 aliphatic heterocycles. The van der Waals surface area contributed by atoms with Gasteiger partial charge in [0.25, 0.3) is 0 Å². The van der Waals surface area contributed by atoms with Gasteiger partial charge >= 0.3 is 11.9 Å². The fourth-order valence-corrected chi connectivity index (χ4v) is 2.21. The molecule has 0 aliphatic carbocycles. The van der Waals surface area contributed by atoms with E-state index in [1.807, 2.05) is 0 Å². The lowest BCUT2D eigenvalue weighted by atomic mass is 10.2. The van der Waals surface area contributed by atoms with E-state index in [4.69, 9.17) is 27.9 Å². The molecule has 6 nitrogen and oxygen atoms in total. The summed E-state index contributed by atoms with van der Waals surface area (Å²) in [6, 6.07) is 5.07. The molecular formula is C14H12Cl2N2O4. The molecule has 0 saturated heterocycles. The van der Waals surface area contributed by atoms with Crippen molar-refractivity contribution >= 4 is 35.1 Å². The molecule has 116 valence electrons. The Labute approximate surface area is 136 Å². The van der Waals surface area contributed by atoms with E-state index in [2.05, 4.69) is 9.72 Å².